The summed E-state index contributed by atoms with van der Waals surface area (Å²) in [4.78, 5) is 27.9. The summed E-state index contributed by atoms with van der Waals surface area (Å²) in [6.07, 6.45) is 8.01. The van der Waals surface area contributed by atoms with Crippen LogP contribution in [0.4, 0.5) is 17.5 Å². The summed E-state index contributed by atoms with van der Waals surface area (Å²) >= 11 is 0. The number of aliphatic hydroxyl groups excluding tert-OH is 1. The maximum Gasteiger partial charge on any atom is 0.239 e. The first-order valence-electron chi connectivity index (χ1n) is 13.5. The molecule has 2 aliphatic heterocycles. The summed E-state index contributed by atoms with van der Waals surface area (Å²) in [6.45, 7) is 3.36. The van der Waals surface area contributed by atoms with Crippen molar-refractivity contribution in [2.75, 3.05) is 41.7 Å². The zero-order valence-electron chi connectivity index (χ0n) is 21.1. The fraction of sp³-hybridized carbons (Fsp3) is 0.500. The van der Waals surface area contributed by atoms with Crippen LogP contribution in [0, 0.1) is 17.2 Å². The number of allylic oxidation sites excluding steroid dienone is 1. The van der Waals surface area contributed by atoms with Gasteiger partial charge in [-0.2, -0.15) is 4.98 Å². The Balaban J connectivity index is 1.40. The van der Waals surface area contributed by atoms with Crippen LogP contribution in [-0.4, -0.2) is 58.3 Å². The number of amides is 1. The number of hydrogen-bond donors (Lipinski definition) is 4. The van der Waals surface area contributed by atoms with Gasteiger partial charge >= 0.3 is 0 Å². The molecule has 0 unspecified atom stereocenters. The number of benzene rings is 1. The molecule has 0 bridgehead atoms. The van der Waals surface area contributed by atoms with Gasteiger partial charge in [-0.1, -0.05) is 18.2 Å². The molecule has 3 fully saturated rings. The van der Waals surface area contributed by atoms with Crippen LogP contribution in [-0.2, 0) is 16.8 Å². The highest BCUT2D eigenvalue weighted by atomic mass is 16.2. The lowest BCUT2D eigenvalue weighted by Crippen LogP contribution is -2.56. The lowest BCUT2D eigenvalue weighted by molar-refractivity contribution is -0.138. The van der Waals surface area contributed by atoms with Crippen molar-refractivity contribution in [2.45, 2.75) is 50.5 Å². The first-order chi connectivity index (χ1) is 18.1. The molecule has 0 atom stereocenters. The summed E-state index contributed by atoms with van der Waals surface area (Å²) in [7, 11) is 0. The van der Waals surface area contributed by atoms with Gasteiger partial charge in [0.1, 0.15) is 12.1 Å². The van der Waals surface area contributed by atoms with E-state index in [0.29, 0.717) is 43.7 Å². The third kappa shape index (κ3) is 4.63. The van der Waals surface area contributed by atoms with Gasteiger partial charge in [0.05, 0.1) is 23.4 Å². The Hall–Kier alpha value is -3.62. The maximum atomic E-state index is 14.2. The van der Waals surface area contributed by atoms with E-state index >= 15 is 0 Å². The van der Waals surface area contributed by atoms with E-state index in [4.69, 9.17) is 15.4 Å². The van der Waals surface area contributed by atoms with Crippen molar-refractivity contribution in [3.63, 3.8) is 0 Å². The van der Waals surface area contributed by atoms with Crippen LogP contribution >= 0.6 is 0 Å². The molecule has 2 aromatic rings. The van der Waals surface area contributed by atoms with Crippen LogP contribution in [0.1, 0.15) is 49.8 Å². The Labute approximate surface area is 217 Å². The highest BCUT2D eigenvalue weighted by molar-refractivity contribution is 5.96. The average molecular weight is 502 g/mol. The fourth-order valence-corrected chi connectivity index (χ4v) is 5.59. The molecule has 9 nitrogen and oxygen atoms in total. The minimum absolute atomic E-state index is 0.100. The van der Waals surface area contributed by atoms with E-state index in [2.05, 4.69) is 27.7 Å². The lowest BCUT2D eigenvalue weighted by atomic mass is 9.70. The predicted octanol–water partition coefficient (Wildman–Crippen LogP) is 4.05. The number of carbonyl (C=O) groups is 1. The molecular formula is C28H35N7O2. The van der Waals surface area contributed by atoms with Gasteiger partial charge in [-0.05, 0) is 62.5 Å². The highest BCUT2D eigenvalue weighted by Crippen LogP contribution is 2.45. The van der Waals surface area contributed by atoms with E-state index in [-0.39, 0.29) is 18.1 Å². The zero-order valence-corrected chi connectivity index (χ0v) is 21.1. The van der Waals surface area contributed by atoms with Gasteiger partial charge in [-0.25, -0.2) is 4.98 Å². The average Bonchev–Trinajstić information content (AvgIpc) is 3.86. The summed E-state index contributed by atoms with van der Waals surface area (Å²) in [6, 6.07) is 10.3. The summed E-state index contributed by atoms with van der Waals surface area (Å²) < 4.78 is 0. The quantitative estimate of drug-likeness (QED) is 0.302. The molecule has 2 aliphatic carbocycles. The maximum absolute atomic E-state index is 14.2. The number of para-hydroxylation sites is 1. The molecule has 1 amide bonds. The number of hydrogen-bond acceptors (Lipinski definition) is 8. The van der Waals surface area contributed by atoms with Crippen LogP contribution in [0.15, 0.2) is 42.3 Å². The van der Waals surface area contributed by atoms with E-state index < -0.39 is 5.41 Å². The third-order valence-electron chi connectivity index (χ3n) is 8.26. The molecule has 2 saturated carbocycles. The third-order valence-corrected chi connectivity index (χ3v) is 8.26. The lowest BCUT2D eigenvalue weighted by Gasteiger charge is -2.47. The molecule has 194 valence electrons. The van der Waals surface area contributed by atoms with Gasteiger partial charge in [0.15, 0.2) is 0 Å². The second-order valence-corrected chi connectivity index (χ2v) is 10.9. The Morgan fingerprint density at radius 1 is 1.05 bits per heavy atom. The zero-order chi connectivity index (χ0) is 25.4. The SMILES string of the molecule is N=C/C(=C\O)N1Cc2c(NCC3CC3)nc(NCC3CC3)nc2C2(CCN(c3ccccc3)CC2)C1=O. The molecule has 1 saturated heterocycles. The normalized spacial score (nSPS) is 21.1. The van der Waals surface area contributed by atoms with Crippen molar-refractivity contribution in [1.82, 2.24) is 14.9 Å². The number of anilines is 3. The van der Waals surface area contributed by atoms with Crippen molar-refractivity contribution < 1.29 is 9.90 Å². The second kappa shape index (κ2) is 9.68. The molecule has 0 radical (unpaired) electrons. The monoisotopic (exact) mass is 501 g/mol. The number of aliphatic hydroxyl groups is 1. The number of fused-ring (bicyclic) bond motifs is 2. The first kappa shape index (κ1) is 23.8. The van der Waals surface area contributed by atoms with Crippen LogP contribution in [0.5, 0.6) is 0 Å². The minimum atomic E-state index is -0.842. The van der Waals surface area contributed by atoms with E-state index in [1.807, 2.05) is 18.2 Å². The molecule has 1 aromatic heterocycles. The van der Waals surface area contributed by atoms with Gasteiger partial charge in [-0.15, -0.1) is 0 Å². The number of nitrogens with one attached hydrogen (secondary N) is 3. The largest absolute Gasteiger partial charge is 0.513 e. The molecule has 6 rings (SSSR count). The van der Waals surface area contributed by atoms with Gasteiger partial charge < -0.3 is 30.9 Å². The van der Waals surface area contributed by atoms with E-state index in [1.165, 1.54) is 30.6 Å². The number of piperidine rings is 1. The Kier molecular flexibility index (Phi) is 6.22. The number of rotatable bonds is 9. The minimum Gasteiger partial charge on any atom is -0.513 e. The van der Waals surface area contributed by atoms with Crippen molar-refractivity contribution in [2.24, 2.45) is 11.8 Å². The van der Waals surface area contributed by atoms with E-state index in [9.17, 15) is 9.90 Å². The molecular weight excluding hydrogens is 466 g/mol. The highest BCUT2D eigenvalue weighted by Gasteiger charge is 2.52. The molecule has 4 aliphatic rings. The van der Waals surface area contributed by atoms with Gasteiger partial charge in [0.2, 0.25) is 11.9 Å². The Bertz CT molecular complexity index is 1200. The van der Waals surface area contributed by atoms with Crippen molar-refractivity contribution >= 4 is 29.6 Å². The summed E-state index contributed by atoms with van der Waals surface area (Å²) in [5.41, 5.74) is 2.19. The van der Waals surface area contributed by atoms with Gasteiger partial charge in [0, 0.05) is 43.6 Å². The Morgan fingerprint density at radius 3 is 2.35 bits per heavy atom. The molecule has 3 heterocycles. The summed E-state index contributed by atoms with van der Waals surface area (Å²) in [5.74, 6) is 2.58. The van der Waals surface area contributed by atoms with Gasteiger partial charge in [0.25, 0.3) is 0 Å². The Morgan fingerprint density at radius 2 is 1.73 bits per heavy atom. The standard InChI is InChI=1S/C28H35N7O2/c29-14-22(18-36)35-17-23-24(28(26(35)37)10-12-34(13-11-28)21-4-2-1-3-5-21)32-27(31-16-20-8-9-20)33-25(23)30-15-19-6-7-19/h1-5,14,18-20,29,36H,6-13,15-17H2,(H2,30,31,32,33)/b22-18+,29-14?. The van der Waals surface area contributed by atoms with Crippen LogP contribution in [0.25, 0.3) is 0 Å². The number of aromatic nitrogens is 2. The molecule has 9 heteroatoms. The molecule has 1 spiro atoms. The smallest absolute Gasteiger partial charge is 0.239 e. The van der Waals surface area contributed by atoms with Crippen LogP contribution in [0.2, 0.25) is 0 Å². The molecule has 4 N–H and O–H groups in total. The van der Waals surface area contributed by atoms with E-state index in [0.717, 1.165) is 48.3 Å². The summed E-state index contributed by atoms with van der Waals surface area (Å²) in [5, 5.41) is 24.7. The van der Waals surface area contributed by atoms with Crippen molar-refractivity contribution in [3.8, 4) is 0 Å². The topological polar surface area (TPSA) is 117 Å². The van der Waals surface area contributed by atoms with Crippen molar-refractivity contribution in [1.29, 1.82) is 5.41 Å². The second-order valence-electron chi connectivity index (χ2n) is 10.9. The number of carbonyl (C=O) groups excluding carboxylic acids is 1. The first-order valence-corrected chi connectivity index (χ1v) is 13.5. The van der Waals surface area contributed by atoms with E-state index in [1.54, 1.807) is 0 Å². The fourth-order valence-electron chi connectivity index (χ4n) is 5.59. The molecule has 1 aromatic carbocycles. The van der Waals surface area contributed by atoms with Crippen LogP contribution < -0.4 is 15.5 Å². The van der Waals surface area contributed by atoms with Crippen molar-refractivity contribution in [3.05, 3.63) is 53.5 Å². The van der Waals surface area contributed by atoms with Crippen LogP contribution in [0.3, 0.4) is 0 Å². The molecule has 37 heavy (non-hydrogen) atoms. The number of nitrogens with zero attached hydrogens (tertiary/aromatic N) is 4. The predicted molar refractivity (Wildman–Crippen MR) is 144 cm³/mol. The van der Waals surface area contributed by atoms with Gasteiger partial charge in [-0.3, -0.25) is 4.79 Å².